The molecule has 2 aromatic rings. The predicted octanol–water partition coefficient (Wildman–Crippen LogP) is 1.84. The third-order valence-corrected chi connectivity index (χ3v) is 2.27. The molecular weight excluding hydrogens is 220 g/mol. The van der Waals surface area contributed by atoms with Crippen molar-refractivity contribution in [3.63, 3.8) is 0 Å². The zero-order valence-electron chi connectivity index (χ0n) is 9.42. The average molecular weight is 232 g/mol. The number of esters is 1. The Kier molecular flexibility index (Phi) is 3.49. The first kappa shape index (κ1) is 11.3. The smallest absolute Gasteiger partial charge is 0.302 e. The van der Waals surface area contributed by atoms with Crippen LogP contribution in [0.25, 0.3) is 11.4 Å². The van der Waals surface area contributed by atoms with Gasteiger partial charge in [0, 0.05) is 18.9 Å². The Labute approximate surface area is 98.4 Å². The summed E-state index contributed by atoms with van der Waals surface area (Å²) in [6.07, 6.45) is 2.00. The van der Waals surface area contributed by atoms with E-state index < -0.39 is 0 Å². The summed E-state index contributed by atoms with van der Waals surface area (Å²) in [4.78, 5) is 14.5. The molecule has 5 nitrogen and oxygen atoms in total. The van der Waals surface area contributed by atoms with E-state index in [0.29, 0.717) is 18.9 Å². The minimum absolute atomic E-state index is 0.256. The quantitative estimate of drug-likeness (QED) is 0.752. The molecule has 1 aromatic carbocycles. The first-order valence-electron chi connectivity index (χ1n) is 5.25. The van der Waals surface area contributed by atoms with Crippen molar-refractivity contribution in [2.24, 2.45) is 0 Å². The van der Waals surface area contributed by atoms with Crippen molar-refractivity contribution < 1.29 is 14.1 Å². The van der Waals surface area contributed by atoms with Crippen LogP contribution < -0.4 is 0 Å². The maximum atomic E-state index is 10.6. The third kappa shape index (κ3) is 3.14. The van der Waals surface area contributed by atoms with Gasteiger partial charge in [-0.2, -0.15) is 4.98 Å². The normalized spacial score (nSPS) is 10.2. The van der Waals surface area contributed by atoms with E-state index in [4.69, 9.17) is 4.74 Å². The van der Waals surface area contributed by atoms with Crippen molar-refractivity contribution in [3.8, 4) is 11.4 Å². The van der Waals surface area contributed by atoms with Gasteiger partial charge in [0.1, 0.15) is 0 Å². The second-order valence-corrected chi connectivity index (χ2v) is 3.54. The van der Waals surface area contributed by atoms with Crippen molar-refractivity contribution in [1.82, 2.24) is 10.1 Å². The molecule has 0 saturated carbocycles. The molecule has 5 heteroatoms. The van der Waals surface area contributed by atoms with E-state index in [1.807, 2.05) is 24.3 Å². The van der Waals surface area contributed by atoms with Crippen molar-refractivity contribution in [2.75, 3.05) is 6.61 Å². The molecule has 0 fully saturated rings. The van der Waals surface area contributed by atoms with Gasteiger partial charge in [0.05, 0.1) is 6.61 Å². The number of ether oxygens (including phenoxy) is 1. The topological polar surface area (TPSA) is 65.2 Å². The molecule has 0 amide bonds. The first-order chi connectivity index (χ1) is 8.25. The highest BCUT2D eigenvalue weighted by Gasteiger charge is 2.02. The van der Waals surface area contributed by atoms with E-state index in [9.17, 15) is 4.79 Å². The Balaban J connectivity index is 1.96. The molecule has 0 bridgehead atoms. The number of aromatic nitrogens is 2. The van der Waals surface area contributed by atoms with Crippen LogP contribution in [0.15, 0.2) is 35.2 Å². The van der Waals surface area contributed by atoms with Crippen LogP contribution in [0.4, 0.5) is 0 Å². The Hall–Kier alpha value is -2.17. The third-order valence-electron chi connectivity index (χ3n) is 2.27. The SMILES string of the molecule is CC(=O)OCCc1ccc(-c2ncon2)cc1. The summed E-state index contributed by atoms with van der Waals surface area (Å²) in [5.41, 5.74) is 1.99. The summed E-state index contributed by atoms with van der Waals surface area (Å²) in [5.74, 6) is 0.310. The van der Waals surface area contributed by atoms with E-state index >= 15 is 0 Å². The van der Waals surface area contributed by atoms with Crippen LogP contribution in [0.3, 0.4) is 0 Å². The Bertz CT molecular complexity index is 477. The van der Waals surface area contributed by atoms with E-state index in [2.05, 4.69) is 14.7 Å². The minimum atomic E-state index is -0.256. The van der Waals surface area contributed by atoms with Gasteiger partial charge in [-0.25, -0.2) is 0 Å². The van der Waals surface area contributed by atoms with E-state index in [0.717, 1.165) is 11.1 Å². The second kappa shape index (κ2) is 5.25. The molecule has 2 rings (SSSR count). The van der Waals surface area contributed by atoms with Gasteiger partial charge in [-0.05, 0) is 5.56 Å². The van der Waals surface area contributed by atoms with Crippen molar-refractivity contribution in [3.05, 3.63) is 36.2 Å². The Morgan fingerprint density at radius 1 is 1.35 bits per heavy atom. The average Bonchev–Trinajstić information content (AvgIpc) is 2.83. The summed E-state index contributed by atoms with van der Waals surface area (Å²) in [6, 6.07) is 7.73. The van der Waals surface area contributed by atoms with Crippen molar-refractivity contribution in [2.45, 2.75) is 13.3 Å². The maximum Gasteiger partial charge on any atom is 0.302 e. The lowest BCUT2D eigenvalue weighted by molar-refractivity contribution is -0.140. The number of rotatable bonds is 4. The molecule has 0 spiro atoms. The molecule has 1 aromatic heterocycles. The minimum Gasteiger partial charge on any atom is -0.466 e. The lowest BCUT2D eigenvalue weighted by atomic mass is 10.1. The number of nitrogens with zero attached hydrogens (tertiary/aromatic N) is 2. The van der Waals surface area contributed by atoms with Crippen LogP contribution in [0.5, 0.6) is 0 Å². The second-order valence-electron chi connectivity index (χ2n) is 3.54. The monoisotopic (exact) mass is 232 g/mol. The highest BCUT2D eigenvalue weighted by Crippen LogP contribution is 2.15. The lowest BCUT2D eigenvalue weighted by Crippen LogP contribution is -2.03. The highest BCUT2D eigenvalue weighted by atomic mass is 16.5. The molecule has 0 radical (unpaired) electrons. The molecule has 0 saturated heterocycles. The van der Waals surface area contributed by atoms with Crippen molar-refractivity contribution >= 4 is 5.97 Å². The number of hydrogen-bond donors (Lipinski definition) is 0. The summed E-state index contributed by atoms with van der Waals surface area (Å²) >= 11 is 0. The Morgan fingerprint density at radius 2 is 2.12 bits per heavy atom. The van der Waals surface area contributed by atoms with Crippen LogP contribution in [-0.2, 0) is 16.0 Å². The fourth-order valence-corrected chi connectivity index (χ4v) is 1.43. The number of carbonyl (C=O) groups is 1. The van der Waals surface area contributed by atoms with Gasteiger partial charge in [0.15, 0.2) is 0 Å². The van der Waals surface area contributed by atoms with E-state index in [-0.39, 0.29) is 5.97 Å². The molecule has 1 heterocycles. The van der Waals surface area contributed by atoms with Gasteiger partial charge >= 0.3 is 5.97 Å². The molecule has 17 heavy (non-hydrogen) atoms. The summed E-state index contributed by atoms with van der Waals surface area (Å²) in [7, 11) is 0. The van der Waals surface area contributed by atoms with Crippen molar-refractivity contribution in [1.29, 1.82) is 0 Å². The standard InChI is InChI=1S/C12H12N2O3/c1-9(15)16-7-6-10-2-4-11(5-3-10)12-13-8-17-14-12/h2-5,8H,6-7H2,1H3. The molecule has 0 unspecified atom stereocenters. The number of hydrogen-bond acceptors (Lipinski definition) is 5. The number of benzene rings is 1. The van der Waals surface area contributed by atoms with Gasteiger partial charge in [-0.1, -0.05) is 29.4 Å². The van der Waals surface area contributed by atoms with Crippen LogP contribution in [-0.4, -0.2) is 22.7 Å². The first-order valence-corrected chi connectivity index (χ1v) is 5.25. The molecule has 0 aliphatic carbocycles. The fraction of sp³-hybridized carbons (Fsp3) is 0.250. The van der Waals surface area contributed by atoms with Gasteiger partial charge in [-0.15, -0.1) is 0 Å². The number of carbonyl (C=O) groups excluding carboxylic acids is 1. The van der Waals surface area contributed by atoms with E-state index in [1.54, 1.807) is 0 Å². The van der Waals surface area contributed by atoms with Crippen LogP contribution in [0.1, 0.15) is 12.5 Å². The van der Waals surface area contributed by atoms with Gasteiger partial charge in [-0.3, -0.25) is 4.79 Å². The lowest BCUT2D eigenvalue weighted by Gasteiger charge is -2.02. The van der Waals surface area contributed by atoms with Gasteiger partial charge in [0.2, 0.25) is 12.2 Å². The van der Waals surface area contributed by atoms with Gasteiger partial charge in [0.25, 0.3) is 0 Å². The zero-order valence-corrected chi connectivity index (χ0v) is 9.42. The maximum absolute atomic E-state index is 10.6. The summed E-state index contributed by atoms with van der Waals surface area (Å²) in [6.45, 7) is 1.80. The van der Waals surface area contributed by atoms with Crippen LogP contribution in [0, 0.1) is 0 Å². The van der Waals surface area contributed by atoms with E-state index in [1.165, 1.54) is 13.3 Å². The molecule has 0 N–H and O–H groups in total. The highest BCUT2D eigenvalue weighted by molar-refractivity contribution is 5.65. The molecule has 0 atom stereocenters. The largest absolute Gasteiger partial charge is 0.466 e. The van der Waals surface area contributed by atoms with Crippen LogP contribution in [0.2, 0.25) is 0 Å². The summed E-state index contributed by atoms with van der Waals surface area (Å²) < 4.78 is 9.54. The predicted molar refractivity (Wildman–Crippen MR) is 60.1 cm³/mol. The molecule has 88 valence electrons. The van der Waals surface area contributed by atoms with Crippen LogP contribution >= 0.6 is 0 Å². The zero-order chi connectivity index (χ0) is 12.1. The molecule has 0 aliphatic rings. The molecular formula is C12H12N2O3. The van der Waals surface area contributed by atoms with Gasteiger partial charge < -0.3 is 9.26 Å². The summed E-state index contributed by atoms with van der Waals surface area (Å²) in [5, 5.41) is 3.75. The Morgan fingerprint density at radius 3 is 2.71 bits per heavy atom. The fourth-order valence-electron chi connectivity index (χ4n) is 1.43. The molecule has 0 aliphatic heterocycles.